The van der Waals surface area contributed by atoms with Crippen molar-refractivity contribution in [3.05, 3.63) is 0 Å². The van der Waals surface area contributed by atoms with E-state index >= 15 is 0 Å². The van der Waals surface area contributed by atoms with Crippen molar-refractivity contribution in [2.24, 2.45) is 17.8 Å². The molecule has 2 bridgehead atoms. The van der Waals surface area contributed by atoms with Gasteiger partial charge in [0.15, 0.2) is 0 Å². The van der Waals surface area contributed by atoms with Crippen molar-refractivity contribution in [2.75, 3.05) is 0 Å². The van der Waals surface area contributed by atoms with Gasteiger partial charge in [0.1, 0.15) is 0 Å². The summed E-state index contributed by atoms with van der Waals surface area (Å²) in [5.74, 6) is 3.05. The van der Waals surface area contributed by atoms with E-state index in [4.69, 9.17) is 0 Å². The van der Waals surface area contributed by atoms with Crippen LogP contribution in [0.1, 0.15) is 33.1 Å². The van der Waals surface area contributed by atoms with Gasteiger partial charge in [0.05, 0.1) is 0 Å². The standard InChI is InChI=1S/C10H17N/c1-6(2)3-7-8-4-10(8)5-9(7)11-10/h6-9,11H,3-5H2,1-2H3. The Kier molecular flexibility index (Phi) is 0.976. The Bertz CT molecular complexity index is 191. The quantitative estimate of drug-likeness (QED) is 0.634. The van der Waals surface area contributed by atoms with Crippen LogP contribution in [0, 0.1) is 17.8 Å². The number of hydrogen-bond donors (Lipinski definition) is 1. The second-order valence-corrected chi connectivity index (χ2v) is 5.22. The molecule has 4 aliphatic rings. The van der Waals surface area contributed by atoms with Gasteiger partial charge in [-0.1, -0.05) is 13.8 Å². The van der Waals surface area contributed by atoms with E-state index in [1.165, 1.54) is 19.3 Å². The van der Waals surface area contributed by atoms with E-state index in [0.717, 1.165) is 23.8 Å². The summed E-state index contributed by atoms with van der Waals surface area (Å²) in [6.07, 6.45) is 4.47. The van der Waals surface area contributed by atoms with Gasteiger partial charge < -0.3 is 5.32 Å². The number of rotatable bonds is 2. The van der Waals surface area contributed by atoms with Gasteiger partial charge in [-0.2, -0.15) is 0 Å². The fourth-order valence-electron chi connectivity index (χ4n) is 3.45. The van der Waals surface area contributed by atoms with Crippen molar-refractivity contribution >= 4 is 0 Å². The smallest absolute Gasteiger partial charge is 0.0234 e. The van der Waals surface area contributed by atoms with Crippen molar-refractivity contribution < 1.29 is 0 Å². The molecular formula is C10H17N. The first-order chi connectivity index (χ1) is 5.21. The summed E-state index contributed by atoms with van der Waals surface area (Å²) in [6.45, 7) is 4.70. The first-order valence-electron chi connectivity index (χ1n) is 4.99. The minimum Gasteiger partial charge on any atom is -0.308 e. The van der Waals surface area contributed by atoms with Crippen LogP contribution in [0.5, 0.6) is 0 Å². The van der Waals surface area contributed by atoms with Crippen molar-refractivity contribution in [1.82, 2.24) is 5.32 Å². The lowest BCUT2D eigenvalue weighted by molar-refractivity contribution is 0.241. The molecule has 4 unspecified atom stereocenters. The summed E-state index contributed by atoms with van der Waals surface area (Å²) < 4.78 is 0. The largest absolute Gasteiger partial charge is 0.308 e. The molecule has 1 nitrogen and oxygen atoms in total. The first-order valence-corrected chi connectivity index (χ1v) is 4.99. The van der Waals surface area contributed by atoms with E-state index in [2.05, 4.69) is 19.2 Å². The molecule has 4 fully saturated rings. The number of piperidine rings is 1. The Hall–Kier alpha value is -0.0400. The summed E-state index contributed by atoms with van der Waals surface area (Å²) in [6, 6.07) is 0.927. The second-order valence-electron chi connectivity index (χ2n) is 5.22. The third-order valence-corrected chi connectivity index (χ3v) is 3.97. The molecule has 0 radical (unpaired) electrons. The molecule has 1 spiro atoms. The average Bonchev–Trinajstić information content (AvgIpc) is 2.42. The Morgan fingerprint density at radius 1 is 1.45 bits per heavy atom. The number of nitrogens with one attached hydrogen (secondary N) is 1. The molecular weight excluding hydrogens is 134 g/mol. The Morgan fingerprint density at radius 2 is 2.18 bits per heavy atom. The molecule has 0 amide bonds. The van der Waals surface area contributed by atoms with Crippen LogP contribution < -0.4 is 5.32 Å². The summed E-state index contributed by atoms with van der Waals surface area (Å²) in [4.78, 5) is 0. The molecule has 1 heteroatoms. The van der Waals surface area contributed by atoms with E-state index in [1.54, 1.807) is 0 Å². The highest BCUT2D eigenvalue weighted by Gasteiger charge is 2.72. The molecule has 0 aromatic heterocycles. The zero-order chi connectivity index (χ0) is 7.64. The fourth-order valence-corrected chi connectivity index (χ4v) is 3.45. The average molecular weight is 151 g/mol. The highest BCUT2D eigenvalue weighted by atomic mass is 15.2. The molecule has 2 aliphatic heterocycles. The van der Waals surface area contributed by atoms with Crippen molar-refractivity contribution in [3.63, 3.8) is 0 Å². The van der Waals surface area contributed by atoms with Crippen LogP contribution in [-0.4, -0.2) is 11.6 Å². The van der Waals surface area contributed by atoms with E-state index in [0.29, 0.717) is 5.54 Å². The van der Waals surface area contributed by atoms with Gasteiger partial charge in [-0.15, -0.1) is 0 Å². The topological polar surface area (TPSA) is 12.0 Å². The van der Waals surface area contributed by atoms with Crippen LogP contribution in [0.2, 0.25) is 0 Å². The Balaban J connectivity index is 1.72. The van der Waals surface area contributed by atoms with E-state index in [9.17, 15) is 0 Å². The molecule has 0 aromatic carbocycles. The zero-order valence-corrected chi connectivity index (χ0v) is 7.43. The van der Waals surface area contributed by atoms with Crippen LogP contribution in [0.4, 0.5) is 0 Å². The van der Waals surface area contributed by atoms with Gasteiger partial charge in [-0.25, -0.2) is 0 Å². The highest BCUT2D eigenvalue weighted by Crippen LogP contribution is 2.67. The number of hydrogen-bond acceptors (Lipinski definition) is 1. The first kappa shape index (κ1) is 6.47. The Labute approximate surface area is 68.6 Å². The molecule has 0 aromatic rings. The fraction of sp³-hybridized carbons (Fsp3) is 1.00. The van der Waals surface area contributed by atoms with Crippen LogP contribution in [0.15, 0.2) is 0 Å². The van der Waals surface area contributed by atoms with Gasteiger partial charge >= 0.3 is 0 Å². The van der Waals surface area contributed by atoms with Crippen molar-refractivity contribution in [3.8, 4) is 0 Å². The molecule has 11 heavy (non-hydrogen) atoms. The van der Waals surface area contributed by atoms with E-state index in [-0.39, 0.29) is 0 Å². The van der Waals surface area contributed by atoms with Gasteiger partial charge in [0.25, 0.3) is 0 Å². The maximum absolute atomic E-state index is 3.72. The third kappa shape index (κ3) is 0.658. The molecule has 2 heterocycles. The monoisotopic (exact) mass is 151 g/mol. The molecule has 62 valence electrons. The van der Waals surface area contributed by atoms with Crippen molar-refractivity contribution in [1.29, 1.82) is 0 Å². The van der Waals surface area contributed by atoms with Crippen molar-refractivity contribution in [2.45, 2.75) is 44.7 Å². The minimum atomic E-state index is 0.713. The summed E-state index contributed by atoms with van der Waals surface area (Å²) in [7, 11) is 0. The zero-order valence-electron chi connectivity index (χ0n) is 7.43. The van der Waals surface area contributed by atoms with Gasteiger partial charge in [0.2, 0.25) is 0 Å². The predicted molar refractivity (Wildman–Crippen MR) is 45.3 cm³/mol. The molecule has 1 N–H and O–H groups in total. The molecule has 2 aliphatic carbocycles. The molecule has 2 saturated heterocycles. The maximum atomic E-state index is 3.72. The summed E-state index contributed by atoms with van der Waals surface area (Å²) in [5, 5.41) is 3.72. The molecule has 2 saturated carbocycles. The van der Waals surface area contributed by atoms with Crippen LogP contribution in [0.25, 0.3) is 0 Å². The minimum absolute atomic E-state index is 0.713. The van der Waals surface area contributed by atoms with Gasteiger partial charge in [-0.05, 0) is 37.0 Å². The molecule has 4 atom stereocenters. The predicted octanol–water partition coefficient (Wildman–Crippen LogP) is 1.78. The second kappa shape index (κ2) is 1.66. The summed E-state index contributed by atoms with van der Waals surface area (Å²) in [5.41, 5.74) is 0.713. The van der Waals surface area contributed by atoms with Gasteiger partial charge in [0, 0.05) is 11.6 Å². The normalized spacial score (nSPS) is 57.5. The lowest BCUT2D eigenvalue weighted by Crippen LogP contribution is -2.51. The summed E-state index contributed by atoms with van der Waals surface area (Å²) >= 11 is 0. The highest BCUT2D eigenvalue weighted by molar-refractivity contribution is 5.30. The van der Waals surface area contributed by atoms with Crippen LogP contribution in [0.3, 0.4) is 0 Å². The van der Waals surface area contributed by atoms with Gasteiger partial charge in [-0.3, -0.25) is 0 Å². The SMILES string of the molecule is CC(C)CC1C2CC3(CC13)N2. The van der Waals surface area contributed by atoms with Crippen LogP contribution >= 0.6 is 0 Å². The lowest BCUT2D eigenvalue weighted by Gasteiger charge is -2.34. The van der Waals surface area contributed by atoms with Crippen LogP contribution in [-0.2, 0) is 0 Å². The molecule has 4 rings (SSSR count). The maximum Gasteiger partial charge on any atom is 0.0234 e. The lowest BCUT2D eigenvalue weighted by atomic mass is 9.87. The third-order valence-electron chi connectivity index (χ3n) is 3.97. The van der Waals surface area contributed by atoms with E-state index in [1.807, 2.05) is 0 Å². The van der Waals surface area contributed by atoms with E-state index < -0.39 is 0 Å². The Morgan fingerprint density at radius 3 is 2.55 bits per heavy atom.